The number of rotatable bonds is 4. The molecule has 4 rings (SSSR count). The van der Waals surface area contributed by atoms with Crippen LogP contribution in [0.15, 0.2) is 42.5 Å². The zero-order valence-corrected chi connectivity index (χ0v) is 16.7. The van der Waals surface area contributed by atoms with Crippen molar-refractivity contribution in [3.63, 3.8) is 0 Å². The number of benzene rings is 2. The highest BCUT2D eigenvalue weighted by molar-refractivity contribution is 6.02. The van der Waals surface area contributed by atoms with Crippen molar-refractivity contribution < 1.29 is 15.3 Å². The van der Waals surface area contributed by atoms with Crippen LogP contribution < -0.4 is 10.1 Å². The predicted octanol–water partition coefficient (Wildman–Crippen LogP) is 5.53. The molecule has 148 valence electrons. The summed E-state index contributed by atoms with van der Waals surface area (Å²) in [6.07, 6.45) is 1.43. The van der Waals surface area contributed by atoms with Gasteiger partial charge in [0.05, 0.1) is 12.5 Å². The fourth-order valence-corrected chi connectivity index (χ4v) is 3.60. The van der Waals surface area contributed by atoms with Gasteiger partial charge in [0.1, 0.15) is 0 Å². The van der Waals surface area contributed by atoms with Gasteiger partial charge in [0.2, 0.25) is 5.91 Å². The molecule has 1 aliphatic rings. The number of hydrogen-bond acceptors (Lipinski definition) is 2. The summed E-state index contributed by atoms with van der Waals surface area (Å²) in [5, 5.41) is 4.08. The fraction of sp³-hybridized carbons (Fsp3) is 0.348. The first-order chi connectivity index (χ1) is 13.2. The van der Waals surface area contributed by atoms with Crippen LogP contribution in [0, 0.1) is 5.82 Å². The van der Waals surface area contributed by atoms with E-state index in [0.717, 1.165) is 22.3 Å². The van der Waals surface area contributed by atoms with Crippen LogP contribution in [0.3, 0.4) is 0 Å². The highest BCUT2D eigenvalue weighted by atomic mass is 19.1. The zero-order chi connectivity index (χ0) is 20.1. The normalized spacial score (nSPS) is 15.5. The van der Waals surface area contributed by atoms with Gasteiger partial charge in [0.25, 0.3) is 0 Å². The molecule has 0 radical (unpaired) electrons. The molecule has 1 heterocycles. The van der Waals surface area contributed by atoms with Crippen LogP contribution in [-0.4, -0.2) is 18.0 Å². The van der Waals surface area contributed by atoms with Gasteiger partial charge in [-0.1, -0.05) is 26.8 Å². The molecule has 2 aromatic carbocycles. The maximum atomic E-state index is 14.1. The lowest BCUT2D eigenvalue weighted by Crippen LogP contribution is -2.27. The van der Waals surface area contributed by atoms with Crippen LogP contribution in [0.2, 0.25) is 0 Å². The van der Waals surface area contributed by atoms with Crippen LogP contribution in [0.5, 0.6) is 5.75 Å². The number of halogens is 1. The second-order valence-corrected chi connectivity index (χ2v) is 8.62. The Balaban J connectivity index is 0.00000240. The van der Waals surface area contributed by atoms with E-state index in [9.17, 15) is 9.18 Å². The average Bonchev–Trinajstić information content (AvgIpc) is 3.34. The number of amides is 1. The number of anilines is 1. The van der Waals surface area contributed by atoms with Crippen molar-refractivity contribution >= 4 is 22.5 Å². The van der Waals surface area contributed by atoms with Gasteiger partial charge in [-0.05, 0) is 54.8 Å². The molecular weight excluding hydrogens is 355 g/mol. The quantitative estimate of drug-likeness (QED) is 0.623. The molecule has 1 aliphatic carbocycles. The minimum Gasteiger partial charge on any atom is -0.494 e. The molecule has 1 amide bonds. The molecule has 0 unspecified atom stereocenters. The molecule has 0 spiro atoms. The van der Waals surface area contributed by atoms with Crippen molar-refractivity contribution in [1.82, 2.24) is 4.98 Å². The number of H-pyrrole nitrogens is 1. The highest BCUT2D eigenvalue weighted by Gasteiger charge is 2.51. The van der Waals surface area contributed by atoms with E-state index in [2.05, 4.69) is 37.1 Å². The molecule has 4 nitrogen and oxygen atoms in total. The van der Waals surface area contributed by atoms with Gasteiger partial charge in [-0.3, -0.25) is 4.79 Å². The van der Waals surface area contributed by atoms with E-state index in [1.54, 1.807) is 12.1 Å². The molecule has 28 heavy (non-hydrogen) atoms. The number of fused-ring (bicyclic) bond motifs is 1. The number of aromatic amines is 1. The summed E-state index contributed by atoms with van der Waals surface area (Å²) in [5.74, 6) is -0.349. The number of hydrogen-bond donors (Lipinski definition) is 2. The van der Waals surface area contributed by atoms with Crippen LogP contribution in [0.1, 0.15) is 46.3 Å². The molecule has 3 aromatic rings. The minimum atomic E-state index is -0.656. The van der Waals surface area contributed by atoms with Crippen molar-refractivity contribution in [2.75, 3.05) is 12.4 Å². The summed E-state index contributed by atoms with van der Waals surface area (Å²) in [7, 11) is 1.43. The van der Waals surface area contributed by atoms with E-state index in [1.807, 2.05) is 18.2 Å². The zero-order valence-electron chi connectivity index (χ0n) is 16.7. The Labute approximate surface area is 165 Å². The molecule has 1 fully saturated rings. The Kier molecular flexibility index (Phi) is 4.21. The van der Waals surface area contributed by atoms with Crippen molar-refractivity contribution in [1.29, 1.82) is 0 Å². The molecule has 0 saturated heterocycles. The van der Waals surface area contributed by atoms with E-state index in [-0.39, 0.29) is 18.5 Å². The van der Waals surface area contributed by atoms with Crippen molar-refractivity contribution in [2.45, 2.75) is 44.4 Å². The van der Waals surface area contributed by atoms with Crippen molar-refractivity contribution in [2.24, 2.45) is 0 Å². The van der Waals surface area contributed by atoms with E-state index >= 15 is 0 Å². The molecular formula is C23H27FN2O2. The largest absolute Gasteiger partial charge is 0.494 e. The van der Waals surface area contributed by atoms with E-state index < -0.39 is 11.2 Å². The second-order valence-electron chi connectivity index (χ2n) is 8.62. The van der Waals surface area contributed by atoms with E-state index in [4.69, 9.17) is 4.74 Å². The molecule has 0 atom stereocenters. The third-order valence-electron chi connectivity index (χ3n) is 5.58. The third kappa shape index (κ3) is 3.15. The monoisotopic (exact) mass is 382 g/mol. The van der Waals surface area contributed by atoms with Gasteiger partial charge in [-0.15, -0.1) is 0 Å². The van der Waals surface area contributed by atoms with Crippen LogP contribution in [0.4, 0.5) is 10.1 Å². The number of carbonyl (C=O) groups excluding carboxylic acids is 1. The molecule has 2 N–H and O–H groups in total. The predicted molar refractivity (Wildman–Crippen MR) is 112 cm³/mol. The molecule has 0 bridgehead atoms. The van der Waals surface area contributed by atoms with Gasteiger partial charge in [0.15, 0.2) is 11.6 Å². The Morgan fingerprint density at radius 2 is 1.93 bits per heavy atom. The second kappa shape index (κ2) is 6.36. The number of aromatic nitrogens is 1. The lowest BCUT2D eigenvalue weighted by molar-refractivity contribution is -0.118. The first-order valence-corrected chi connectivity index (χ1v) is 9.52. The summed E-state index contributed by atoms with van der Waals surface area (Å²) in [4.78, 5) is 16.4. The number of ether oxygens (including phenoxy) is 1. The van der Waals surface area contributed by atoms with Crippen LogP contribution in [-0.2, 0) is 15.6 Å². The third-order valence-corrected chi connectivity index (χ3v) is 5.58. The van der Waals surface area contributed by atoms with Crippen molar-refractivity contribution in [3.05, 3.63) is 59.5 Å². The maximum Gasteiger partial charge on any atom is 0.235 e. The van der Waals surface area contributed by atoms with Crippen LogP contribution >= 0.6 is 0 Å². The summed E-state index contributed by atoms with van der Waals surface area (Å²) in [6, 6.07) is 12.7. The summed E-state index contributed by atoms with van der Waals surface area (Å²) in [6.45, 7) is 6.47. The Morgan fingerprint density at radius 1 is 1.18 bits per heavy atom. The fourth-order valence-electron chi connectivity index (χ4n) is 3.60. The molecule has 1 saturated carbocycles. The first kappa shape index (κ1) is 18.5. The van der Waals surface area contributed by atoms with Gasteiger partial charge in [-0.2, -0.15) is 0 Å². The van der Waals surface area contributed by atoms with Gasteiger partial charge < -0.3 is 15.0 Å². The topological polar surface area (TPSA) is 54.1 Å². The standard InChI is InChI=1S/C23H25FN2O2.H2/c1-22(2,3)20-12-14-11-16(6-7-18(14)26-20)25-21(27)23(9-10-23)15-5-8-19(28-4)17(24)13-15;/h5-8,11-13,26H,9-10H2,1-4H3,(H,25,27);1H. The van der Waals surface area contributed by atoms with E-state index in [0.29, 0.717) is 18.4 Å². The minimum absolute atomic E-state index is 0. The number of carbonyl (C=O) groups is 1. The number of methoxy groups -OCH3 is 1. The lowest BCUT2D eigenvalue weighted by atomic mass is 9.92. The smallest absolute Gasteiger partial charge is 0.235 e. The average molecular weight is 382 g/mol. The van der Waals surface area contributed by atoms with Gasteiger partial charge >= 0.3 is 0 Å². The SMILES string of the molecule is COc1ccc(C2(C(=O)Nc3ccc4[nH]c(C(C)(C)C)cc4c3)CC2)cc1F.[HH]. The summed E-state index contributed by atoms with van der Waals surface area (Å²) in [5.41, 5.74) is 3.01. The molecule has 0 aliphatic heterocycles. The van der Waals surface area contributed by atoms with Crippen molar-refractivity contribution in [3.8, 4) is 5.75 Å². The summed E-state index contributed by atoms with van der Waals surface area (Å²) < 4.78 is 19.1. The highest BCUT2D eigenvalue weighted by Crippen LogP contribution is 2.49. The summed E-state index contributed by atoms with van der Waals surface area (Å²) >= 11 is 0. The number of nitrogens with one attached hydrogen (secondary N) is 2. The molecule has 5 heteroatoms. The van der Waals surface area contributed by atoms with E-state index in [1.165, 1.54) is 13.2 Å². The van der Waals surface area contributed by atoms with Crippen LogP contribution in [0.25, 0.3) is 10.9 Å². The lowest BCUT2D eigenvalue weighted by Gasteiger charge is -2.16. The Morgan fingerprint density at radius 3 is 2.54 bits per heavy atom. The first-order valence-electron chi connectivity index (χ1n) is 9.52. The Hall–Kier alpha value is -2.82. The maximum absolute atomic E-state index is 14.1. The van der Waals surface area contributed by atoms with Gasteiger partial charge in [-0.25, -0.2) is 4.39 Å². The Bertz CT molecular complexity index is 1060. The van der Waals surface area contributed by atoms with Gasteiger partial charge in [0, 0.05) is 29.1 Å². The molecule has 1 aromatic heterocycles.